The maximum absolute atomic E-state index is 12.2. The van der Waals surface area contributed by atoms with Crippen LogP contribution in [0.5, 0.6) is 0 Å². The van der Waals surface area contributed by atoms with E-state index in [0.29, 0.717) is 24.2 Å². The van der Waals surface area contributed by atoms with Crippen LogP contribution in [-0.4, -0.2) is 48.1 Å². The minimum absolute atomic E-state index is 0.0941. The topological polar surface area (TPSA) is 69.6 Å². The van der Waals surface area contributed by atoms with E-state index in [9.17, 15) is 14.7 Å². The van der Waals surface area contributed by atoms with Crippen LogP contribution < -0.4 is 5.32 Å². The standard InChI is InChI=1S/C17H24N2O3/c1-3-19(2)17(22)13-7-4-6-12(10-13)16(21)18-11-14-8-5-9-15(14)20/h4,6-7,10,14-15,20H,3,5,8-9,11H2,1-2H3,(H,18,21). The Morgan fingerprint density at radius 3 is 2.68 bits per heavy atom. The highest BCUT2D eigenvalue weighted by atomic mass is 16.3. The van der Waals surface area contributed by atoms with Gasteiger partial charge in [-0.2, -0.15) is 0 Å². The van der Waals surface area contributed by atoms with Gasteiger partial charge < -0.3 is 15.3 Å². The van der Waals surface area contributed by atoms with Crippen molar-refractivity contribution in [3.63, 3.8) is 0 Å². The maximum atomic E-state index is 12.2. The molecule has 5 heteroatoms. The van der Waals surface area contributed by atoms with Gasteiger partial charge in [-0.1, -0.05) is 12.5 Å². The summed E-state index contributed by atoms with van der Waals surface area (Å²) in [5.74, 6) is -0.156. The second-order valence-corrected chi connectivity index (χ2v) is 5.87. The molecule has 0 heterocycles. The van der Waals surface area contributed by atoms with Crippen LogP contribution in [0.1, 0.15) is 46.9 Å². The molecule has 0 bridgehead atoms. The second-order valence-electron chi connectivity index (χ2n) is 5.87. The van der Waals surface area contributed by atoms with E-state index in [2.05, 4.69) is 5.32 Å². The van der Waals surface area contributed by atoms with E-state index in [0.717, 1.165) is 19.3 Å². The Balaban J connectivity index is 1.99. The van der Waals surface area contributed by atoms with Crippen molar-refractivity contribution in [2.75, 3.05) is 20.1 Å². The van der Waals surface area contributed by atoms with Gasteiger partial charge in [0.05, 0.1) is 6.10 Å². The zero-order valence-electron chi connectivity index (χ0n) is 13.2. The number of nitrogens with zero attached hydrogens (tertiary/aromatic N) is 1. The fourth-order valence-corrected chi connectivity index (χ4v) is 2.74. The molecular formula is C17H24N2O3. The maximum Gasteiger partial charge on any atom is 0.253 e. The van der Waals surface area contributed by atoms with Gasteiger partial charge in [0, 0.05) is 37.2 Å². The molecule has 1 aliphatic carbocycles. The van der Waals surface area contributed by atoms with E-state index in [4.69, 9.17) is 0 Å². The predicted octanol–water partition coefficient (Wildman–Crippen LogP) is 1.67. The number of carbonyl (C=O) groups excluding carboxylic acids is 2. The van der Waals surface area contributed by atoms with Crippen LogP contribution in [0.4, 0.5) is 0 Å². The Labute approximate surface area is 131 Å². The summed E-state index contributed by atoms with van der Waals surface area (Å²) in [4.78, 5) is 25.9. The van der Waals surface area contributed by atoms with Crippen molar-refractivity contribution in [2.24, 2.45) is 5.92 Å². The molecule has 1 saturated carbocycles. The molecule has 2 unspecified atom stereocenters. The Morgan fingerprint density at radius 2 is 2.05 bits per heavy atom. The summed E-state index contributed by atoms with van der Waals surface area (Å²) in [6.45, 7) is 3.00. The molecule has 2 rings (SSSR count). The second kappa shape index (κ2) is 7.40. The van der Waals surface area contributed by atoms with Gasteiger partial charge >= 0.3 is 0 Å². The summed E-state index contributed by atoms with van der Waals surface area (Å²) in [7, 11) is 1.73. The number of benzene rings is 1. The van der Waals surface area contributed by atoms with Crippen molar-refractivity contribution in [3.8, 4) is 0 Å². The molecule has 0 aromatic heterocycles. The minimum atomic E-state index is -0.314. The van der Waals surface area contributed by atoms with E-state index in [1.165, 1.54) is 0 Å². The highest BCUT2D eigenvalue weighted by Gasteiger charge is 2.25. The molecule has 1 aromatic rings. The molecule has 22 heavy (non-hydrogen) atoms. The van der Waals surface area contributed by atoms with Crippen LogP contribution in [0.3, 0.4) is 0 Å². The zero-order valence-corrected chi connectivity index (χ0v) is 13.2. The lowest BCUT2D eigenvalue weighted by Gasteiger charge is -2.16. The first-order valence-electron chi connectivity index (χ1n) is 7.84. The van der Waals surface area contributed by atoms with Crippen LogP contribution >= 0.6 is 0 Å². The molecule has 2 atom stereocenters. The van der Waals surface area contributed by atoms with Gasteiger partial charge in [-0.3, -0.25) is 9.59 Å². The fraction of sp³-hybridized carbons (Fsp3) is 0.529. The molecule has 120 valence electrons. The van der Waals surface area contributed by atoms with Gasteiger partial charge in [-0.15, -0.1) is 0 Å². The number of hydrogen-bond donors (Lipinski definition) is 2. The smallest absolute Gasteiger partial charge is 0.253 e. The van der Waals surface area contributed by atoms with Crippen LogP contribution in [0, 0.1) is 5.92 Å². The molecule has 5 nitrogen and oxygen atoms in total. The van der Waals surface area contributed by atoms with Crippen molar-refractivity contribution in [1.29, 1.82) is 0 Å². The van der Waals surface area contributed by atoms with E-state index in [1.807, 2.05) is 6.92 Å². The van der Waals surface area contributed by atoms with Crippen LogP contribution in [0.15, 0.2) is 24.3 Å². The van der Waals surface area contributed by atoms with Gasteiger partial charge in [-0.05, 0) is 38.0 Å². The molecule has 1 fully saturated rings. The van der Waals surface area contributed by atoms with Crippen LogP contribution in [-0.2, 0) is 0 Å². The average molecular weight is 304 g/mol. The number of aliphatic hydroxyl groups excluding tert-OH is 1. The Morgan fingerprint density at radius 1 is 1.32 bits per heavy atom. The Hall–Kier alpha value is -1.88. The summed E-state index contributed by atoms with van der Waals surface area (Å²) in [6.07, 6.45) is 2.45. The van der Waals surface area contributed by atoms with Gasteiger partial charge in [-0.25, -0.2) is 0 Å². The molecular weight excluding hydrogens is 280 g/mol. The first-order valence-corrected chi connectivity index (χ1v) is 7.84. The molecule has 0 aliphatic heterocycles. The highest BCUT2D eigenvalue weighted by molar-refractivity contribution is 5.99. The largest absolute Gasteiger partial charge is 0.393 e. The summed E-state index contributed by atoms with van der Waals surface area (Å²) in [5, 5.41) is 12.6. The van der Waals surface area contributed by atoms with E-state index >= 15 is 0 Å². The lowest BCUT2D eigenvalue weighted by atomic mass is 10.1. The van der Waals surface area contributed by atoms with Crippen molar-refractivity contribution >= 4 is 11.8 Å². The number of nitrogens with one attached hydrogen (secondary N) is 1. The van der Waals surface area contributed by atoms with Crippen molar-refractivity contribution in [1.82, 2.24) is 10.2 Å². The lowest BCUT2D eigenvalue weighted by molar-refractivity contribution is 0.0802. The molecule has 0 spiro atoms. The number of amides is 2. The van der Waals surface area contributed by atoms with Crippen LogP contribution in [0.2, 0.25) is 0 Å². The third kappa shape index (κ3) is 3.85. The van der Waals surface area contributed by atoms with Gasteiger partial charge in [0.15, 0.2) is 0 Å². The zero-order chi connectivity index (χ0) is 16.1. The molecule has 1 aliphatic rings. The van der Waals surface area contributed by atoms with Gasteiger partial charge in [0.1, 0.15) is 0 Å². The molecule has 0 saturated heterocycles. The van der Waals surface area contributed by atoms with Crippen molar-refractivity contribution in [3.05, 3.63) is 35.4 Å². The number of hydrogen-bond acceptors (Lipinski definition) is 3. The molecule has 0 radical (unpaired) electrons. The van der Waals surface area contributed by atoms with E-state index < -0.39 is 0 Å². The highest BCUT2D eigenvalue weighted by Crippen LogP contribution is 2.24. The van der Waals surface area contributed by atoms with Crippen LogP contribution in [0.25, 0.3) is 0 Å². The monoisotopic (exact) mass is 304 g/mol. The van der Waals surface area contributed by atoms with Gasteiger partial charge in [0.25, 0.3) is 11.8 Å². The fourth-order valence-electron chi connectivity index (χ4n) is 2.74. The average Bonchev–Trinajstić information content (AvgIpc) is 2.96. The number of aliphatic hydroxyl groups is 1. The lowest BCUT2D eigenvalue weighted by Crippen LogP contribution is -2.32. The molecule has 2 N–H and O–H groups in total. The SMILES string of the molecule is CCN(C)C(=O)c1cccc(C(=O)NCC2CCCC2O)c1. The normalized spacial score (nSPS) is 20.7. The van der Waals surface area contributed by atoms with Crippen molar-refractivity contribution in [2.45, 2.75) is 32.3 Å². The summed E-state index contributed by atoms with van der Waals surface area (Å²) in [5.41, 5.74) is 0.987. The summed E-state index contributed by atoms with van der Waals surface area (Å²) in [6, 6.07) is 6.75. The minimum Gasteiger partial charge on any atom is -0.393 e. The number of carbonyl (C=O) groups is 2. The summed E-state index contributed by atoms with van der Waals surface area (Å²) < 4.78 is 0. The third-order valence-electron chi connectivity index (χ3n) is 4.34. The predicted molar refractivity (Wildman–Crippen MR) is 84.8 cm³/mol. The van der Waals surface area contributed by atoms with E-state index in [-0.39, 0.29) is 23.8 Å². The Kier molecular flexibility index (Phi) is 5.55. The van der Waals surface area contributed by atoms with Crippen molar-refractivity contribution < 1.29 is 14.7 Å². The third-order valence-corrected chi connectivity index (χ3v) is 4.34. The van der Waals surface area contributed by atoms with E-state index in [1.54, 1.807) is 36.2 Å². The first-order chi connectivity index (χ1) is 10.5. The summed E-state index contributed by atoms with van der Waals surface area (Å²) >= 11 is 0. The number of rotatable bonds is 5. The Bertz CT molecular complexity index is 544. The molecule has 2 amide bonds. The first kappa shape index (κ1) is 16.5. The molecule has 1 aromatic carbocycles. The quantitative estimate of drug-likeness (QED) is 0.869. The van der Waals surface area contributed by atoms with Gasteiger partial charge in [0.2, 0.25) is 0 Å².